The highest BCUT2D eigenvalue weighted by atomic mass is 15.4. The average Bonchev–Trinajstić information content (AvgIpc) is 3.24. The van der Waals surface area contributed by atoms with Crippen molar-refractivity contribution in [3.05, 3.63) is 28.6 Å². The minimum Gasteiger partial charge on any atom is -0.356 e. The van der Waals surface area contributed by atoms with Gasteiger partial charge in [0.1, 0.15) is 5.69 Å². The molecule has 0 N–H and O–H groups in total. The van der Waals surface area contributed by atoms with E-state index in [9.17, 15) is 0 Å². The first-order valence-corrected chi connectivity index (χ1v) is 9.75. The molecule has 0 amide bonds. The molecule has 5 nitrogen and oxygen atoms in total. The Hall–Kier alpha value is -1.91. The van der Waals surface area contributed by atoms with E-state index in [0.717, 1.165) is 37.2 Å². The number of hydrogen-bond acceptors (Lipinski definition) is 3. The zero-order valence-corrected chi connectivity index (χ0v) is 16.1. The van der Waals surface area contributed by atoms with Crippen LogP contribution in [0.25, 0.3) is 0 Å². The second kappa shape index (κ2) is 7.98. The predicted molar refractivity (Wildman–Crippen MR) is 105 cm³/mol. The normalized spacial score (nSPS) is 20.9. The number of fused-ring (bicyclic) bond motifs is 1. The van der Waals surface area contributed by atoms with Crippen molar-refractivity contribution in [3.63, 3.8) is 0 Å². The molecular weight excluding hydrogens is 310 g/mol. The molecule has 0 unspecified atom stereocenters. The van der Waals surface area contributed by atoms with Gasteiger partial charge in [-0.2, -0.15) is 10.2 Å². The van der Waals surface area contributed by atoms with Crippen molar-refractivity contribution < 1.29 is 0 Å². The third-order valence-corrected chi connectivity index (χ3v) is 5.31. The molecule has 25 heavy (non-hydrogen) atoms. The summed E-state index contributed by atoms with van der Waals surface area (Å²) < 4.78 is 2.28. The van der Waals surface area contributed by atoms with E-state index in [2.05, 4.69) is 53.7 Å². The molecular formula is C20H31N5. The molecule has 0 spiro atoms. The molecule has 136 valence electrons. The van der Waals surface area contributed by atoms with Gasteiger partial charge in [0.25, 0.3) is 0 Å². The number of nitrogens with zero attached hydrogens (tertiary/aromatic N) is 5. The largest absolute Gasteiger partial charge is 0.356 e. The van der Waals surface area contributed by atoms with E-state index >= 15 is 0 Å². The van der Waals surface area contributed by atoms with Crippen LogP contribution in [-0.2, 0) is 12.8 Å². The highest BCUT2D eigenvalue weighted by molar-refractivity contribution is 6.00. The predicted octanol–water partition coefficient (Wildman–Crippen LogP) is 4.14. The van der Waals surface area contributed by atoms with Crippen molar-refractivity contribution in [1.82, 2.24) is 14.7 Å². The monoisotopic (exact) mass is 341 g/mol. The molecule has 1 saturated carbocycles. The fourth-order valence-electron chi connectivity index (χ4n) is 3.95. The lowest BCUT2D eigenvalue weighted by Gasteiger charge is -2.28. The van der Waals surface area contributed by atoms with Crippen molar-refractivity contribution >= 4 is 12.1 Å². The van der Waals surface area contributed by atoms with Crippen LogP contribution >= 0.6 is 0 Å². The molecule has 0 aromatic carbocycles. The number of aromatic nitrogens is 2. The summed E-state index contributed by atoms with van der Waals surface area (Å²) in [7, 11) is 2.11. The third-order valence-electron chi connectivity index (χ3n) is 5.31. The molecule has 2 aliphatic rings. The minimum atomic E-state index is 0.524. The maximum Gasteiger partial charge on any atom is 0.176 e. The molecule has 2 heterocycles. The summed E-state index contributed by atoms with van der Waals surface area (Å²) in [6, 6.07) is 0.524. The zero-order valence-electron chi connectivity index (χ0n) is 16.1. The van der Waals surface area contributed by atoms with Gasteiger partial charge in [0.05, 0.1) is 18.0 Å². The third kappa shape index (κ3) is 3.70. The van der Waals surface area contributed by atoms with E-state index in [-0.39, 0.29) is 0 Å². The molecule has 5 heteroatoms. The smallest absolute Gasteiger partial charge is 0.176 e. The summed E-state index contributed by atoms with van der Waals surface area (Å²) in [5.41, 5.74) is 5.01. The maximum absolute atomic E-state index is 5.00. The number of amidine groups is 1. The Bertz CT molecular complexity index is 689. The topological polar surface area (TPSA) is 45.8 Å². The highest BCUT2D eigenvalue weighted by Gasteiger charge is 2.31. The molecule has 0 saturated heterocycles. The minimum absolute atomic E-state index is 0.524. The lowest BCUT2D eigenvalue weighted by atomic mass is 10.0. The van der Waals surface area contributed by atoms with E-state index in [1.54, 1.807) is 0 Å². The van der Waals surface area contributed by atoms with E-state index in [1.165, 1.54) is 42.6 Å². The van der Waals surface area contributed by atoms with Crippen LogP contribution in [0.5, 0.6) is 0 Å². The van der Waals surface area contributed by atoms with Crippen molar-refractivity contribution in [3.8, 4) is 0 Å². The molecule has 1 fully saturated rings. The lowest BCUT2D eigenvalue weighted by Crippen LogP contribution is -2.36. The molecule has 1 aliphatic carbocycles. The van der Waals surface area contributed by atoms with Crippen LogP contribution in [0.15, 0.2) is 21.9 Å². The van der Waals surface area contributed by atoms with E-state index in [1.807, 2.05) is 6.21 Å². The van der Waals surface area contributed by atoms with Gasteiger partial charge < -0.3 is 4.90 Å². The Morgan fingerprint density at radius 1 is 1.28 bits per heavy atom. The highest BCUT2D eigenvalue weighted by Crippen LogP contribution is 2.33. The fourth-order valence-corrected chi connectivity index (χ4v) is 3.95. The number of hydrogen-bond donors (Lipinski definition) is 0. The van der Waals surface area contributed by atoms with Gasteiger partial charge in [-0.05, 0) is 44.6 Å². The van der Waals surface area contributed by atoms with Gasteiger partial charge in [-0.25, -0.2) is 0 Å². The van der Waals surface area contributed by atoms with Crippen molar-refractivity contribution in [2.75, 3.05) is 13.6 Å². The summed E-state index contributed by atoms with van der Waals surface area (Å²) in [5, 5.41) is 14.0. The lowest BCUT2D eigenvalue weighted by molar-refractivity contribution is 0.440. The standard InChI is InChI=1S/C20H31N5/c1-5-9-15(3)14-21-22-20-19-17(12-13-24(20)4)18(6-2)23-25(19)16-10-7-8-11-16/h9,14,16H,5-8,10-13H2,1-4H3/b15-9+,21-14+,22-20-. The van der Waals surface area contributed by atoms with Crippen LogP contribution in [0, 0.1) is 0 Å². The van der Waals surface area contributed by atoms with Gasteiger partial charge in [-0.15, -0.1) is 5.10 Å². The maximum atomic E-state index is 5.00. The van der Waals surface area contributed by atoms with Gasteiger partial charge in [-0.3, -0.25) is 4.68 Å². The zero-order chi connectivity index (χ0) is 17.8. The first-order chi connectivity index (χ1) is 12.2. The van der Waals surface area contributed by atoms with Crippen LogP contribution in [0.3, 0.4) is 0 Å². The van der Waals surface area contributed by atoms with Crippen LogP contribution in [-0.4, -0.2) is 40.3 Å². The Kier molecular flexibility index (Phi) is 5.71. The molecule has 0 bridgehead atoms. The summed E-state index contributed by atoms with van der Waals surface area (Å²) in [6.45, 7) is 7.39. The number of likely N-dealkylation sites (N-methyl/N-ethyl adjacent to an activating group) is 1. The van der Waals surface area contributed by atoms with Gasteiger partial charge in [0.2, 0.25) is 0 Å². The summed E-state index contributed by atoms with van der Waals surface area (Å²) >= 11 is 0. The van der Waals surface area contributed by atoms with Crippen molar-refractivity contribution in [1.29, 1.82) is 0 Å². The molecule has 0 atom stereocenters. The van der Waals surface area contributed by atoms with Gasteiger partial charge in [0, 0.05) is 19.2 Å². The van der Waals surface area contributed by atoms with Gasteiger partial charge in [0.15, 0.2) is 5.84 Å². The van der Waals surface area contributed by atoms with Crippen molar-refractivity contribution in [2.24, 2.45) is 10.2 Å². The number of allylic oxidation sites excluding steroid dienone is 2. The molecule has 1 aliphatic heterocycles. The summed E-state index contributed by atoms with van der Waals surface area (Å²) in [5.74, 6) is 0.973. The molecule has 3 rings (SSSR count). The number of rotatable bonds is 5. The SMILES string of the molecule is CC/C=C(C)/C=N/N=C1/c2c(c(CC)nn2C2CCCC2)CCN1C. The van der Waals surface area contributed by atoms with E-state index < -0.39 is 0 Å². The second-order valence-electron chi connectivity index (χ2n) is 7.21. The van der Waals surface area contributed by atoms with Crippen LogP contribution in [0.4, 0.5) is 0 Å². The first-order valence-electron chi connectivity index (χ1n) is 9.75. The van der Waals surface area contributed by atoms with E-state index in [4.69, 9.17) is 5.10 Å². The van der Waals surface area contributed by atoms with Crippen molar-refractivity contribution in [2.45, 2.75) is 71.8 Å². The van der Waals surface area contributed by atoms with Gasteiger partial charge >= 0.3 is 0 Å². The van der Waals surface area contributed by atoms with Gasteiger partial charge in [-0.1, -0.05) is 32.8 Å². The second-order valence-corrected chi connectivity index (χ2v) is 7.21. The van der Waals surface area contributed by atoms with Crippen LogP contribution < -0.4 is 0 Å². The van der Waals surface area contributed by atoms with E-state index in [0.29, 0.717) is 6.04 Å². The summed E-state index contributed by atoms with van der Waals surface area (Å²) in [4.78, 5) is 2.23. The quantitative estimate of drug-likeness (QED) is 0.597. The number of aryl methyl sites for hydroxylation is 1. The molecule has 1 aromatic heterocycles. The average molecular weight is 342 g/mol. The fraction of sp³-hybridized carbons (Fsp3) is 0.650. The first kappa shape index (κ1) is 17.9. The molecule has 0 radical (unpaired) electrons. The van der Waals surface area contributed by atoms with Crippen LogP contribution in [0.2, 0.25) is 0 Å². The molecule has 1 aromatic rings. The Morgan fingerprint density at radius 3 is 2.72 bits per heavy atom. The Labute approximate surface area is 151 Å². The van der Waals surface area contributed by atoms with Crippen LogP contribution in [0.1, 0.15) is 75.9 Å². The Balaban J connectivity index is 2.01. The summed E-state index contributed by atoms with van der Waals surface area (Å²) in [6.07, 6.45) is 12.2. The Morgan fingerprint density at radius 2 is 2.04 bits per heavy atom.